The minimum atomic E-state index is -2.35. The lowest BCUT2D eigenvalue weighted by Crippen LogP contribution is -2.59. The molecule has 0 fully saturated rings. The van der Waals surface area contributed by atoms with E-state index in [9.17, 15) is 0 Å². The highest BCUT2D eigenvalue weighted by atomic mass is 28.5. The van der Waals surface area contributed by atoms with Crippen molar-refractivity contribution in [3.63, 3.8) is 0 Å². The molecule has 0 aromatic heterocycles. The Morgan fingerprint density at radius 3 is 1.29 bits per heavy atom. The molecule has 0 bridgehead atoms. The molecule has 0 aliphatic heterocycles. The molecule has 2 atom stereocenters. The Labute approximate surface area is 232 Å². The van der Waals surface area contributed by atoms with Gasteiger partial charge in [-0.2, -0.15) is 0 Å². The minimum absolute atomic E-state index is 0. The summed E-state index contributed by atoms with van der Waals surface area (Å²) in [6, 6.07) is 1.06. The van der Waals surface area contributed by atoms with Gasteiger partial charge >= 0.3 is 25.7 Å². The molecule has 0 saturated carbocycles. The topological polar surface area (TPSA) is 36.9 Å². The van der Waals surface area contributed by atoms with Crippen LogP contribution in [0.5, 0.6) is 0 Å². The number of hydrogen-bond acceptors (Lipinski definition) is 4. The number of hydrogen-bond donors (Lipinski definition) is 0. The Morgan fingerprint density at radius 2 is 0.914 bits per heavy atom. The maximum Gasteiger partial charge on any atom is 0.315 e. The van der Waals surface area contributed by atoms with Gasteiger partial charge in [0, 0.05) is 0 Å². The standard InChI is InChI=1S/C20H52O4Si5.6CH4/c1-14-20(2)18-16-15-17-19-29(13,22-26(6,7)8)24-28(11,12)23-27(9,10)21-25(3,4)5;;;;;;/h20H,14-19H2,1-13H3;6*1H4. The molecular formula is C26H76O4Si5. The summed E-state index contributed by atoms with van der Waals surface area (Å²) in [6.07, 6.45) is 6.40. The lowest BCUT2D eigenvalue weighted by molar-refractivity contribution is 0.294. The second-order valence-electron chi connectivity index (χ2n) is 11.7. The Hall–Kier alpha value is 0.924. The summed E-state index contributed by atoms with van der Waals surface area (Å²) in [7, 11) is -10.2. The van der Waals surface area contributed by atoms with E-state index in [1.165, 1.54) is 32.1 Å². The zero-order chi connectivity index (χ0) is 23.1. The molecule has 0 aromatic rings. The van der Waals surface area contributed by atoms with Crippen molar-refractivity contribution in [1.29, 1.82) is 0 Å². The fourth-order valence-corrected chi connectivity index (χ4v) is 27.3. The molecule has 0 amide bonds. The van der Waals surface area contributed by atoms with Crippen molar-refractivity contribution >= 4 is 42.3 Å². The van der Waals surface area contributed by atoms with Gasteiger partial charge < -0.3 is 16.5 Å². The van der Waals surface area contributed by atoms with Crippen molar-refractivity contribution in [2.24, 2.45) is 5.92 Å². The predicted molar refractivity (Wildman–Crippen MR) is 181 cm³/mol. The quantitative estimate of drug-likeness (QED) is 0.140. The third kappa shape index (κ3) is 29.3. The maximum absolute atomic E-state index is 6.84. The third-order valence-corrected chi connectivity index (χ3v) is 22.0. The molecule has 9 heteroatoms. The van der Waals surface area contributed by atoms with Crippen LogP contribution in [0.1, 0.15) is 90.5 Å². The Bertz CT molecular complexity index is 477. The van der Waals surface area contributed by atoms with Gasteiger partial charge in [-0.1, -0.05) is 90.5 Å². The maximum atomic E-state index is 6.84. The summed E-state index contributed by atoms with van der Waals surface area (Å²) < 4.78 is 26.6. The fourth-order valence-electron chi connectivity index (χ4n) is 3.98. The van der Waals surface area contributed by atoms with Crippen molar-refractivity contribution < 1.29 is 16.5 Å². The molecule has 0 aliphatic rings. The summed E-state index contributed by atoms with van der Waals surface area (Å²) >= 11 is 0. The van der Waals surface area contributed by atoms with Gasteiger partial charge in [0.15, 0.2) is 16.6 Å². The first kappa shape index (κ1) is 52.4. The van der Waals surface area contributed by atoms with Gasteiger partial charge in [0.2, 0.25) is 0 Å². The van der Waals surface area contributed by atoms with Gasteiger partial charge in [-0.05, 0) is 84.0 Å². The van der Waals surface area contributed by atoms with Crippen LogP contribution in [0.4, 0.5) is 0 Å². The summed E-state index contributed by atoms with van der Waals surface area (Å²) in [6.45, 7) is 29.1. The molecule has 0 rings (SSSR count). The van der Waals surface area contributed by atoms with Crippen LogP contribution in [-0.2, 0) is 16.5 Å². The zero-order valence-corrected chi connectivity index (χ0v) is 27.0. The van der Waals surface area contributed by atoms with E-state index in [2.05, 4.69) is 85.9 Å². The molecule has 0 aliphatic carbocycles. The molecule has 0 aromatic carbocycles. The Kier molecular flexibility index (Phi) is 31.2. The second kappa shape index (κ2) is 20.8. The first-order valence-electron chi connectivity index (χ1n) is 11.6. The molecule has 4 nitrogen and oxygen atoms in total. The molecule has 2 unspecified atom stereocenters. The van der Waals surface area contributed by atoms with E-state index in [0.717, 1.165) is 12.0 Å². The highest BCUT2D eigenvalue weighted by Crippen LogP contribution is 2.29. The fraction of sp³-hybridized carbons (Fsp3) is 1.00. The smallest absolute Gasteiger partial charge is 0.315 e. The van der Waals surface area contributed by atoms with Crippen LogP contribution < -0.4 is 0 Å². The lowest BCUT2D eigenvalue weighted by Gasteiger charge is -2.42. The van der Waals surface area contributed by atoms with E-state index in [4.69, 9.17) is 16.5 Å². The van der Waals surface area contributed by atoms with Gasteiger partial charge in [0.1, 0.15) is 0 Å². The van der Waals surface area contributed by atoms with Crippen LogP contribution in [0.15, 0.2) is 0 Å². The second-order valence-corrected chi connectivity index (χ2v) is 31.8. The summed E-state index contributed by atoms with van der Waals surface area (Å²) in [4.78, 5) is 0. The summed E-state index contributed by atoms with van der Waals surface area (Å²) in [5.41, 5.74) is 0. The SMILES string of the molecule is C.C.C.C.C.C.CCC(C)CCCCC[Si](C)(O[Si](C)(C)C)O[Si](C)(C)O[Si](C)(C)O[Si](C)(C)C. The molecule has 0 radical (unpaired) electrons. The third-order valence-electron chi connectivity index (χ3n) is 4.55. The first-order chi connectivity index (χ1) is 12.8. The van der Waals surface area contributed by atoms with Crippen LogP contribution in [0, 0.1) is 5.92 Å². The van der Waals surface area contributed by atoms with E-state index in [1.807, 2.05) is 0 Å². The molecule has 0 spiro atoms. The highest BCUT2D eigenvalue weighted by molar-refractivity contribution is 6.90. The van der Waals surface area contributed by atoms with Crippen LogP contribution >= 0.6 is 0 Å². The molecule has 0 saturated heterocycles. The van der Waals surface area contributed by atoms with Crippen molar-refractivity contribution in [3.05, 3.63) is 0 Å². The highest BCUT2D eigenvalue weighted by Gasteiger charge is 2.46. The van der Waals surface area contributed by atoms with Crippen molar-refractivity contribution in [1.82, 2.24) is 0 Å². The van der Waals surface area contributed by atoms with Crippen molar-refractivity contribution in [2.45, 2.75) is 169 Å². The van der Waals surface area contributed by atoms with E-state index in [1.54, 1.807) is 0 Å². The minimum Gasteiger partial charge on any atom is -0.437 e. The van der Waals surface area contributed by atoms with Crippen molar-refractivity contribution in [3.8, 4) is 0 Å². The van der Waals surface area contributed by atoms with Crippen LogP contribution in [0.25, 0.3) is 0 Å². The van der Waals surface area contributed by atoms with Gasteiger partial charge in [-0.15, -0.1) is 0 Å². The van der Waals surface area contributed by atoms with Gasteiger partial charge in [0.25, 0.3) is 0 Å². The van der Waals surface area contributed by atoms with Gasteiger partial charge in [-0.25, -0.2) is 0 Å². The molecule has 224 valence electrons. The number of rotatable bonds is 15. The van der Waals surface area contributed by atoms with Crippen molar-refractivity contribution in [2.75, 3.05) is 0 Å². The Balaban J connectivity index is -0.000000261. The van der Waals surface area contributed by atoms with E-state index in [-0.39, 0.29) is 44.6 Å². The molecule has 35 heavy (non-hydrogen) atoms. The molecule has 0 N–H and O–H groups in total. The van der Waals surface area contributed by atoms with E-state index < -0.39 is 42.3 Å². The predicted octanol–water partition coefficient (Wildman–Crippen LogP) is 11.6. The first-order valence-corrected chi connectivity index (χ1v) is 26.6. The Morgan fingerprint density at radius 1 is 0.514 bits per heavy atom. The van der Waals surface area contributed by atoms with Crippen LogP contribution in [-0.4, -0.2) is 42.3 Å². The largest absolute Gasteiger partial charge is 0.437 e. The van der Waals surface area contributed by atoms with Crippen LogP contribution in [0.3, 0.4) is 0 Å². The summed E-state index contributed by atoms with van der Waals surface area (Å²) in [5, 5.41) is 0. The lowest BCUT2D eigenvalue weighted by atomic mass is 10.0. The van der Waals surface area contributed by atoms with E-state index in [0.29, 0.717) is 0 Å². The number of unbranched alkanes of at least 4 members (excludes halogenated alkanes) is 2. The van der Waals surface area contributed by atoms with E-state index >= 15 is 0 Å². The summed E-state index contributed by atoms with van der Waals surface area (Å²) in [5.74, 6) is 0.839. The van der Waals surface area contributed by atoms with Gasteiger partial charge in [-0.3, -0.25) is 0 Å². The monoisotopic (exact) mass is 592 g/mol. The van der Waals surface area contributed by atoms with Gasteiger partial charge in [0.05, 0.1) is 0 Å². The normalized spacial score (nSPS) is 14.3. The zero-order valence-electron chi connectivity index (χ0n) is 22.0. The molecule has 0 heterocycles. The average Bonchev–Trinajstić information content (AvgIpc) is 2.39. The average molecular weight is 593 g/mol. The van der Waals surface area contributed by atoms with Crippen LogP contribution in [0.2, 0.25) is 78.1 Å². The molecular weight excluding hydrogens is 517 g/mol.